The average Bonchev–Trinajstić information content (AvgIpc) is 2.39. The van der Waals surface area contributed by atoms with E-state index in [0.29, 0.717) is 19.8 Å². The Balaban J connectivity index is 1.66. The Kier molecular flexibility index (Phi) is 5.01. The van der Waals surface area contributed by atoms with Gasteiger partial charge in [-0.3, -0.25) is 4.79 Å². The van der Waals surface area contributed by atoms with E-state index in [1.807, 2.05) is 29.2 Å². The fourth-order valence-electron chi connectivity index (χ4n) is 1.76. The van der Waals surface area contributed by atoms with E-state index in [2.05, 4.69) is 15.9 Å². The topological polar surface area (TPSA) is 38.8 Å². The van der Waals surface area contributed by atoms with Crippen molar-refractivity contribution in [2.45, 2.75) is 6.42 Å². The highest BCUT2D eigenvalue weighted by molar-refractivity contribution is 9.10. The van der Waals surface area contributed by atoms with Gasteiger partial charge in [-0.15, -0.1) is 0 Å². The molecule has 1 fully saturated rings. The summed E-state index contributed by atoms with van der Waals surface area (Å²) < 4.78 is 11.7. The maximum atomic E-state index is 11.5. The Hall–Kier alpha value is -1.07. The second-order valence-electron chi connectivity index (χ2n) is 4.09. The highest BCUT2D eigenvalue weighted by Gasteiger charge is 2.17. The molecule has 0 aromatic heterocycles. The van der Waals surface area contributed by atoms with E-state index < -0.39 is 0 Å². The highest BCUT2D eigenvalue weighted by atomic mass is 79.9. The molecule has 5 heteroatoms. The molecule has 1 aliphatic rings. The van der Waals surface area contributed by atoms with E-state index in [4.69, 9.17) is 9.47 Å². The lowest BCUT2D eigenvalue weighted by Crippen LogP contribution is -2.42. The molecule has 0 unspecified atom stereocenters. The molecular weight excluding hydrogens is 298 g/mol. The third-order valence-electron chi connectivity index (χ3n) is 2.74. The zero-order valence-electron chi connectivity index (χ0n) is 10.1. The van der Waals surface area contributed by atoms with Gasteiger partial charge >= 0.3 is 0 Å². The first-order chi connectivity index (χ1) is 8.75. The first-order valence-corrected chi connectivity index (χ1v) is 6.79. The van der Waals surface area contributed by atoms with Gasteiger partial charge in [-0.25, -0.2) is 0 Å². The van der Waals surface area contributed by atoms with Crippen LogP contribution in [0.15, 0.2) is 28.7 Å². The van der Waals surface area contributed by atoms with Crippen molar-refractivity contribution in [3.63, 3.8) is 0 Å². The summed E-state index contributed by atoms with van der Waals surface area (Å²) in [6.07, 6.45) is 0.835. The number of halogens is 1. The molecule has 0 aliphatic carbocycles. The third kappa shape index (κ3) is 3.99. The summed E-state index contributed by atoms with van der Waals surface area (Å²) in [5, 5.41) is 0. The van der Waals surface area contributed by atoms with Crippen molar-refractivity contribution in [2.24, 2.45) is 0 Å². The lowest BCUT2D eigenvalue weighted by atomic mass is 10.3. The Morgan fingerprint density at radius 3 is 2.83 bits per heavy atom. The molecule has 1 aliphatic heterocycles. The lowest BCUT2D eigenvalue weighted by molar-refractivity contribution is -0.142. The molecule has 1 saturated heterocycles. The van der Waals surface area contributed by atoms with Gasteiger partial charge in [0.2, 0.25) is 5.91 Å². The molecule has 4 nitrogen and oxygen atoms in total. The van der Waals surface area contributed by atoms with Gasteiger partial charge in [-0.05, 0) is 30.7 Å². The normalized spacial score (nSPS) is 15.8. The Morgan fingerprint density at radius 1 is 1.33 bits per heavy atom. The first-order valence-electron chi connectivity index (χ1n) is 5.99. The van der Waals surface area contributed by atoms with Gasteiger partial charge in [0.05, 0.1) is 13.2 Å². The van der Waals surface area contributed by atoms with E-state index in [9.17, 15) is 4.79 Å². The number of benzene rings is 1. The van der Waals surface area contributed by atoms with E-state index in [0.717, 1.165) is 23.2 Å². The van der Waals surface area contributed by atoms with Crippen LogP contribution < -0.4 is 4.74 Å². The zero-order chi connectivity index (χ0) is 12.8. The van der Waals surface area contributed by atoms with Crippen molar-refractivity contribution in [1.29, 1.82) is 0 Å². The van der Waals surface area contributed by atoms with Gasteiger partial charge < -0.3 is 14.4 Å². The van der Waals surface area contributed by atoms with E-state index in [-0.39, 0.29) is 12.5 Å². The zero-order valence-corrected chi connectivity index (χ0v) is 11.7. The number of carbonyl (C=O) groups is 1. The minimum Gasteiger partial charge on any atom is -0.494 e. The van der Waals surface area contributed by atoms with Crippen molar-refractivity contribution >= 4 is 21.8 Å². The number of rotatable bonds is 5. The number of amides is 1. The quantitative estimate of drug-likeness (QED) is 0.781. The summed E-state index contributed by atoms with van der Waals surface area (Å²) in [7, 11) is 0. The molecule has 0 atom stereocenters. The summed E-state index contributed by atoms with van der Waals surface area (Å²) in [5.74, 6) is 0.927. The molecule has 0 saturated carbocycles. The van der Waals surface area contributed by atoms with Crippen molar-refractivity contribution in [2.75, 3.05) is 32.9 Å². The van der Waals surface area contributed by atoms with Gasteiger partial charge in [0.1, 0.15) is 12.4 Å². The van der Waals surface area contributed by atoms with E-state index >= 15 is 0 Å². The van der Waals surface area contributed by atoms with Crippen LogP contribution in [0.25, 0.3) is 0 Å². The summed E-state index contributed by atoms with van der Waals surface area (Å²) in [6, 6.07) is 7.73. The third-order valence-corrected chi connectivity index (χ3v) is 3.27. The fourth-order valence-corrected chi connectivity index (χ4v) is 2.03. The maximum Gasteiger partial charge on any atom is 0.248 e. The predicted octanol–water partition coefficient (Wildman–Crippen LogP) is 2.08. The Morgan fingerprint density at radius 2 is 2.11 bits per heavy atom. The van der Waals surface area contributed by atoms with Gasteiger partial charge in [-0.2, -0.15) is 0 Å². The fraction of sp³-hybridized carbons (Fsp3) is 0.462. The van der Waals surface area contributed by atoms with Crippen LogP contribution in [0.3, 0.4) is 0 Å². The second kappa shape index (κ2) is 6.75. The molecule has 1 heterocycles. The standard InChI is InChI=1S/C13H16BrNO3/c14-11-2-4-12(5-3-11)18-8-1-6-15-7-9-17-10-13(15)16/h2-5H,1,6-10H2. The number of hydrogen-bond donors (Lipinski definition) is 0. The average molecular weight is 314 g/mol. The minimum absolute atomic E-state index is 0.0740. The highest BCUT2D eigenvalue weighted by Crippen LogP contribution is 2.16. The number of nitrogens with zero attached hydrogens (tertiary/aromatic N) is 1. The first kappa shape index (κ1) is 13.4. The minimum atomic E-state index is 0.0740. The molecule has 1 amide bonds. The summed E-state index contributed by atoms with van der Waals surface area (Å²) in [6.45, 7) is 2.90. The van der Waals surface area contributed by atoms with Gasteiger partial charge in [0.25, 0.3) is 0 Å². The number of morpholine rings is 1. The molecule has 0 radical (unpaired) electrons. The number of carbonyl (C=O) groups excluding carboxylic acids is 1. The Bertz CT molecular complexity index is 394. The van der Waals surface area contributed by atoms with Crippen LogP contribution in [0.4, 0.5) is 0 Å². The monoisotopic (exact) mass is 313 g/mol. The van der Waals surface area contributed by atoms with Gasteiger partial charge in [0.15, 0.2) is 0 Å². The van der Waals surface area contributed by atoms with E-state index in [1.54, 1.807) is 0 Å². The number of ether oxygens (including phenoxy) is 2. The molecule has 0 N–H and O–H groups in total. The largest absolute Gasteiger partial charge is 0.494 e. The van der Waals surface area contributed by atoms with Gasteiger partial charge in [-0.1, -0.05) is 15.9 Å². The molecule has 1 aromatic rings. The van der Waals surface area contributed by atoms with Crippen LogP contribution in [0.2, 0.25) is 0 Å². The maximum absolute atomic E-state index is 11.5. The van der Waals surface area contributed by atoms with E-state index in [1.165, 1.54) is 0 Å². The summed E-state index contributed by atoms with van der Waals surface area (Å²) in [5.41, 5.74) is 0. The van der Waals surface area contributed by atoms with Crippen LogP contribution in [0, 0.1) is 0 Å². The molecule has 1 aromatic carbocycles. The smallest absolute Gasteiger partial charge is 0.248 e. The van der Waals surface area contributed by atoms with Crippen LogP contribution in [0.1, 0.15) is 6.42 Å². The molecular formula is C13H16BrNO3. The second-order valence-corrected chi connectivity index (χ2v) is 5.00. The molecule has 2 rings (SSSR count). The van der Waals surface area contributed by atoms with Crippen molar-refractivity contribution in [3.05, 3.63) is 28.7 Å². The molecule has 0 bridgehead atoms. The summed E-state index contributed by atoms with van der Waals surface area (Å²) >= 11 is 3.37. The molecule has 18 heavy (non-hydrogen) atoms. The van der Waals surface area contributed by atoms with Crippen molar-refractivity contribution in [1.82, 2.24) is 4.90 Å². The molecule has 98 valence electrons. The van der Waals surface area contributed by atoms with Crippen molar-refractivity contribution < 1.29 is 14.3 Å². The predicted molar refractivity (Wildman–Crippen MR) is 71.7 cm³/mol. The number of hydrogen-bond acceptors (Lipinski definition) is 3. The molecule has 0 spiro atoms. The SMILES string of the molecule is O=C1COCCN1CCCOc1ccc(Br)cc1. The Labute approximate surface area is 115 Å². The van der Waals surface area contributed by atoms with Crippen molar-refractivity contribution in [3.8, 4) is 5.75 Å². The lowest BCUT2D eigenvalue weighted by Gasteiger charge is -2.26. The van der Waals surface area contributed by atoms with Crippen LogP contribution in [-0.4, -0.2) is 43.7 Å². The van der Waals surface area contributed by atoms with Gasteiger partial charge in [0, 0.05) is 17.6 Å². The van der Waals surface area contributed by atoms with Crippen LogP contribution >= 0.6 is 15.9 Å². The van der Waals surface area contributed by atoms with Crippen LogP contribution in [-0.2, 0) is 9.53 Å². The summed E-state index contributed by atoms with van der Waals surface area (Å²) in [4.78, 5) is 13.3. The van der Waals surface area contributed by atoms with Crippen LogP contribution in [0.5, 0.6) is 5.75 Å².